The lowest BCUT2D eigenvalue weighted by molar-refractivity contribution is -0.134. The zero-order chi connectivity index (χ0) is 14.6. The molecule has 2 amide bonds. The maximum absolute atomic E-state index is 11.8. The van der Waals surface area contributed by atoms with Gasteiger partial charge in [0.1, 0.15) is 6.54 Å². The first-order chi connectivity index (χ1) is 8.81. The van der Waals surface area contributed by atoms with Gasteiger partial charge in [-0.25, -0.2) is 0 Å². The summed E-state index contributed by atoms with van der Waals surface area (Å²) >= 11 is 11.6. The Kier molecular flexibility index (Phi) is 5.63. The minimum absolute atomic E-state index is 0.00719. The first kappa shape index (κ1) is 15.8. The Hall–Kier alpha value is -1.26. The van der Waals surface area contributed by atoms with E-state index in [1.54, 1.807) is 18.2 Å². The lowest BCUT2D eigenvalue weighted by Crippen LogP contribution is -2.41. The van der Waals surface area contributed by atoms with Gasteiger partial charge in [0.2, 0.25) is 11.8 Å². The zero-order valence-corrected chi connectivity index (χ0v) is 12.5. The van der Waals surface area contributed by atoms with Crippen LogP contribution in [0.1, 0.15) is 20.8 Å². The van der Waals surface area contributed by atoms with Gasteiger partial charge < -0.3 is 10.2 Å². The highest BCUT2D eigenvalue weighted by atomic mass is 35.5. The van der Waals surface area contributed by atoms with Crippen LogP contribution in [0.5, 0.6) is 0 Å². The van der Waals surface area contributed by atoms with Crippen LogP contribution in [0.3, 0.4) is 0 Å². The Labute approximate surface area is 122 Å². The zero-order valence-electron chi connectivity index (χ0n) is 11.0. The molecule has 0 heterocycles. The van der Waals surface area contributed by atoms with Crippen LogP contribution >= 0.6 is 23.2 Å². The molecule has 0 unspecified atom stereocenters. The number of amides is 2. The van der Waals surface area contributed by atoms with Gasteiger partial charge >= 0.3 is 0 Å². The fourth-order valence-electron chi connectivity index (χ4n) is 1.59. The summed E-state index contributed by atoms with van der Waals surface area (Å²) in [6.07, 6.45) is 0. The van der Waals surface area contributed by atoms with Crippen LogP contribution in [0.4, 0.5) is 5.69 Å². The average molecular weight is 303 g/mol. The van der Waals surface area contributed by atoms with E-state index in [1.807, 2.05) is 13.8 Å². The van der Waals surface area contributed by atoms with E-state index in [9.17, 15) is 9.59 Å². The number of hydrogen-bond acceptors (Lipinski definition) is 2. The Balaban J connectivity index is 2.69. The molecule has 0 saturated carbocycles. The molecule has 0 spiro atoms. The topological polar surface area (TPSA) is 49.4 Å². The third-order valence-corrected chi connectivity index (χ3v) is 3.28. The molecule has 104 valence electrons. The van der Waals surface area contributed by atoms with Gasteiger partial charge in [-0.1, -0.05) is 23.2 Å². The minimum atomic E-state index is -0.276. The number of carbonyl (C=O) groups is 2. The molecule has 1 N–H and O–H groups in total. The first-order valence-electron chi connectivity index (χ1n) is 5.83. The number of carbonyl (C=O) groups excluding carboxylic acids is 2. The molecular weight excluding hydrogens is 287 g/mol. The van der Waals surface area contributed by atoms with Crippen LogP contribution in [0, 0.1) is 0 Å². The van der Waals surface area contributed by atoms with E-state index in [-0.39, 0.29) is 24.4 Å². The number of rotatable bonds is 4. The van der Waals surface area contributed by atoms with Crippen molar-refractivity contribution in [3.8, 4) is 0 Å². The summed E-state index contributed by atoms with van der Waals surface area (Å²) in [6.45, 7) is 5.15. The number of nitrogens with one attached hydrogen (secondary N) is 1. The quantitative estimate of drug-likeness (QED) is 0.928. The molecule has 0 bridgehead atoms. The van der Waals surface area contributed by atoms with Crippen molar-refractivity contribution in [1.29, 1.82) is 0 Å². The van der Waals surface area contributed by atoms with Crippen LogP contribution < -0.4 is 5.32 Å². The van der Waals surface area contributed by atoms with Crippen LogP contribution in [-0.2, 0) is 9.59 Å². The second kappa shape index (κ2) is 6.78. The molecule has 0 aliphatic rings. The third kappa shape index (κ3) is 4.73. The predicted molar refractivity (Wildman–Crippen MR) is 77.6 cm³/mol. The number of anilines is 1. The van der Waals surface area contributed by atoms with Gasteiger partial charge in [0, 0.05) is 18.7 Å². The van der Waals surface area contributed by atoms with Gasteiger partial charge in [-0.15, -0.1) is 0 Å². The standard InChI is InChI=1S/C13H16Cl2N2O2/c1-8(2)17(9(3)18)7-13(19)16-10-4-5-11(14)12(15)6-10/h4-6,8H,7H2,1-3H3,(H,16,19). The number of hydrogen-bond donors (Lipinski definition) is 1. The van der Waals surface area contributed by atoms with Crippen LogP contribution in [-0.4, -0.2) is 29.3 Å². The second-order valence-electron chi connectivity index (χ2n) is 4.42. The minimum Gasteiger partial charge on any atom is -0.331 e. The Morgan fingerprint density at radius 3 is 2.37 bits per heavy atom. The molecule has 0 atom stereocenters. The molecule has 0 aliphatic carbocycles. The summed E-state index contributed by atoms with van der Waals surface area (Å²) in [7, 11) is 0. The summed E-state index contributed by atoms with van der Waals surface area (Å²) in [5, 5.41) is 3.46. The molecule has 1 rings (SSSR count). The van der Waals surface area contributed by atoms with Crippen molar-refractivity contribution in [3.63, 3.8) is 0 Å². The predicted octanol–water partition coefficient (Wildman–Crippen LogP) is 3.19. The van der Waals surface area contributed by atoms with Crippen molar-refractivity contribution < 1.29 is 9.59 Å². The molecule has 1 aromatic rings. The molecule has 0 aliphatic heterocycles. The summed E-state index contributed by atoms with van der Waals surface area (Å²) < 4.78 is 0. The van der Waals surface area contributed by atoms with Crippen molar-refractivity contribution in [1.82, 2.24) is 4.90 Å². The Bertz CT molecular complexity index is 490. The molecule has 0 saturated heterocycles. The van der Waals surface area contributed by atoms with Crippen LogP contribution in [0.25, 0.3) is 0 Å². The second-order valence-corrected chi connectivity index (χ2v) is 5.23. The van der Waals surface area contributed by atoms with Gasteiger partial charge in [-0.05, 0) is 32.0 Å². The lowest BCUT2D eigenvalue weighted by Gasteiger charge is -2.24. The van der Waals surface area contributed by atoms with E-state index < -0.39 is 0 Å². The summed E-state index contributed by atoms with van der Waals surface area (Å²) in [5.74, 6) is -0.415. The third-order valence-electron chi connectivity index (χ3n) is 2.55. The molecule has 6 heteroatoms. The fourth-order valence-corrected chi connectivity index (χ4v) is 1.88. The van der Waals surface area contributed by atoms with Crippen LogP contribution in [0.15, 0.2) is 18.2 Å². The highest BCUT2D eigenvalue weighted by Crippen LogP contribution is 2.24. The highest BCUT2D eigenvalue weighted by Gasteiger charge is 2.16. The average Bonchev–Trinajstić information content (AvgIpc) is 2.30. The first-order valence-corrected chi connectivity index (χ1v) is 6.59. The molecule has 0 fully saturated rings. The van der Waals surface area contributed by atoms with Gasteiger partial charge in [0.25, 0.3) is 0 Å². The maximum atomic E-state index is 11.8. The molecular formula is C13H16Cl2N2O2. The molecule has 19 heavy (non-hydrogen) atoms. The fraction of sp³-hybridized carbons (Fsp3) is 0.385. The van der Waals surface area contributed by atoms with E-state index in [4.69, 9.17) is 23.2 Å². The van der Waals surface area contributed by atoms with Crippen molar-refractivity contribution in [2.24, 2.45) is 0 Å². The van der Waals surface area contributed by atoms with Crippen molar-refractivity contribution in [2.45, 2.75) is 26.8 Å². The van der Waals surface area contributed by atoms with Gasteiger partial charge in [0.15, 0.2) is 0 Å². The number of halogens is 2. The highest BCUT2D eigenvalue weighted by molar-refractivity contribution is 6.42. The Morgan fingerprint density at radius 1 is 1.26 bits per heavy atom. The molecule has 4 nitrogen and oxygen atoms in total. The van der Waals surface area contributed by atoms with Crippen molar-refractivity contribution >= 4 is 40.7 Å². The summed E-state index contributed by atoms with van der Waals surface area (Å²) in [5.41, 5.74) is 0.548. The van der Waals surface area contributed by atoms with E-state index in [0.29, 0.717) is 15.7 Å². The lowest BCUT2D eigenvalue weighted by atomic mass is 10.3. The molecule has 0 aromatic heterocycles. The van der Waals surface area contributed by atoms with Crippen molar-refractivity contribution in [3.05, 3.63) is 28.2 Å². The monoisotopic (exact) mass is 302 g/mol. The largest absolute Gasteiger partial charge is 0.331 e. The molecule has 1 aromatic carbocycles. The van der Waals surface area contributed by atoms with Gasteiger partial charge in [-0.3, -0.25) is 9.59 Å². The summed E-state index contributed by atoms with van der Waals surface area (Å²) in [4.78, 5) is 24.7. The summed E-state index contributed by atoms with van der Waals surface area (Å²) in [6, 6.07) is 4.79. The maximum Gasteiger partial charge on any atom is 0.244 e. The number of benzene rings is 1. The van der Waals surface area contributed by atoms with E-state index in [0.717, 1.165) is 0 Å². The van der Waals surface area contributed by atoms with Crippen LogP contribution in [0.2, 0.25) is 10.0 Å². The van der Waals surface area contributed by atoms with Gasteiger partial charge in [-0.2, -0.15) is 0 Å². The van der Waals surface area contributed by atoms with E-state index in [2.05, 4.69) is 5.32 Å². The van der Waals surface area contributed by atoms with E-state index in [1.165, 1.54) is 11.8 Å². The molecule has 0 radical (unpaired) electrons. The smallest absolute Gasteiger partial charge is 0.244 e. The normalized spacial score (nSPS) is 10.4. The van der Waals surface area contributed by atoms with Crippen molar-refractivity contribution in [2.75, 3.05) is 11.9 Å². The SMILES string of the molecule is CC(=O)N(CC(=O)Nc1ccc(Cl)c(Cl)c1)C(C)C. The number of nitrogens with zero attached hydrogens (tertiary/aromatic N) is 1. The van der Waals surface area contributed by atoms with E-state index >= 15 is 0 Å². The Morgan fingerprint density at radius 2 is 1.89 bits per heavy atom. The van der Waals surface area contributed by atoms with Gasteiger partial charge in [0.05, 0.1) is 10.0 Å².